The maximum atomic E-state index is 15.3. The van der Waals surface area contributed by atoms with Crippen LogP contribution in [0.5, 0.6) is 0 Å². The molecule has 30 heavy (non-hydrogen) atoms. The van der Waals surface area contributed by atoms with Crippen molar-refractivity contribution in [1.82, 2.24) is 24.6 Å². The molecule has 0 spiro atoms. The highest BCUT2D eigenvalue weighted by atomic mass is 19.3. The normalized spacial score (nSPS) is 16.4. The SMILES string of the molecule is Cn1nc(C(F)F)cc1C(=O)N1CCc2[nH]cnc2[C@@H]1c1oc2ccccc2c1F. The third-order valence-corrected chi connectivity index (χ3v) is 5.34. The number of amides is 1. The van der Waals surface area contributed by atoms with Gasteiger partial charge in [0.1, 0.15) is 23.0 Å². The standard InChI is InChI=1S/C20H16F3N5O2/c1-27-13(8-12(26-27)19(22)23)20(29)28-7-6-11-16(25-9-24-11)17(28)18-15(21)10-4-2-3-5-14(10)30-18/h2-5,8-9,17,19H,6-7H2,1H3,(H,24,25)/t17-/m1/s1. The van der Waals surface area contributed by atoms with Gasteiger partial charge in [-0.3, -0.25) is 9.48 Å². The molecule has 1 aliphatic rings. The van der Waals surface area contributed by atoms with E-state index in [1.807, 2.05) is 0 Å². The molecule has 7 nitrogen and oxygen atoms in total. The minimum Gasteiger partial charge on any atom is -0.455 e. The Morgan fingerprint density at radius 3 is 2.87 bits per heavy atom. The summed E-state index contributed by atoms with van der Waals surface area (Å²) < 4.78 is 48.3. The smallest absolute Gasteiger partial charge is 0.282 e. The number of furan rings is 1. The molecule has 5 rings (SSSR count). The highest BCUT2D eigenvalue weighted by Crippen LogP contribution is 2.39. The number of H-pyrrole nitrogens is 1. The first-order chi connectivity index (χ1) is 14.5. The number of fused-ring (bicyclic) bond motifs is 2. The molecule has 154 valence electrons. The van der Waals surface area contributed by atoms with Gasteiger partial charge >= 0.3 is 0 Å². The Morgan fingerprint density at radius 1 is 1.33 bits per heavy atom. The first-order valence-electron chi connectivity index (χ1n) is 9.28. The van der Waals surface area contributed by atoms with Crippen molar-refractivity contribution >= 4 is 16.9 Å². The van der Waals surface area contributed by atoms with Gasteiger partial charge in [0, 0.05) is 25.7 Å². The van der Waals surface area contributed by atoms with E-state index in [0.29, 0.717) is 23.1 Å². The highest BCUT2D eigenvalue weighted by Gasteiger charge is 2.40. The molecule has 1 N–H and O–H groups in total. The molecular formula is C20H16F3N5O2. The average molecular weight is 415 g/mol. The van der Waals surface area contributed by atoms with Gasteiger partial charge in [-0.25, -0.2) is 18.2 Å². The molecule has 0 unspecified atom stereocenters. The first-order valence-corrected chi connectivity index (χ1v) is 9.28. The summed E-state index contributed by atoms with van der Waals surface area (Å²) in [4.78, 5) is 22.0. The first kappa shape index (κ1) is 18.5. The Labute approximate surface area is 168 Å². The predicted molar refractivity (Wildman–Crippen MR) is 99.5 cm³/mol. The Balaban J connectivity index is 1.64. The number of benzene rings is 1. The number of alkyl halides is 2. The monoisotopic (exact) mass is 415 g/mol. The maximum Gasteiger partial charge on any atom is 0.282 e. The third-order valence-electron chi connectivity index (χ3n) is 5.34. The Kier molecular flexibility index (Phi) is 4.16. The summed E-state index contributed by atoms with van der Waals surface area (Å²) in [5, 5.41) is 4.00. The van der Waals surface area contributed by atoms with Crippen molar-refractivity contribution in [3.8, 4) is 0 Å². The van der Waals surface area contributed by atoms with Crippen LogP contribution in [-0.4, -0.2) is 37.1 Å². The van der Waals surface area contributed by atoms with Crippen molar-refractivity contribution in [1.29, 1.82) is 0 Å². The van der Waals surface area contributed by atoms with Crippen LogP contribution in [0, 0.1) is 5.82 Å². The molecule has 0 saturated carbocycles. The molecule has 0 radical (unpaired) electrons. The van der Waals surface area contributed by atoms with E-state index in [1.165, 1.54) is 18.3 Å². The van der Waals surface area contributed by atoms with Gasteiger partial charge in [-0.05, 0) is 18.2 Å². The number of nitrogens with one attached hydrogen (secondary N) is 1. The van der Waals surface area contributed by atoms with E-state index in [2.05, 4.69) is 15.1 Å². The molecule has 0 aliphatic carbocycles. The number of aromatic nitrogens is 4. The van der Waals surface area contributed by atoms with E-state index < -0.39 is 29.9 Å². The van der Waals surface area contributed by atoms with Crippen molar-refractivity contribution < 1.29 is 22.4 Å². The molecule has 0 fully saturated rings. The number of hydrogen-bond acceptors (Lipinski definition) is 4. The second-order valence-corrected chi connectivity index (χ2v) is 7.07. The molecule has 1 aliphatic heterocycles. The van der Waals surface area contributed by atoms with Crippen LogP contribution in [0.2, 0.25) is 0 Å². The third kappa shape index (κ3) is 2.71. The second kappa shape index (κ2) is 6.75. The minimum atomic E-state index is -2.80. The van der Waals surface area contributed by atoms with Crippen LogP contribution >= 0.6 is 0 Å². The second-order valence-electron chi connectivity index (χ2n) is 7.07. The van der Waals surface area contributed by atoms with Gasteiger partial charge in [0.25, 0.3) is 12.3 Å². The lowest BCUT2D eigenvalue weighted by molar-refractivity contribution is 0.0657. The van der Waals surface area contributed by atoms with Gasteiger partial charge in [-0.1, -0.05) is 12.1 Å². The lowest BCUT2D eigenvalue weighted by Gasteiger charge is -2.33. The summed E-state index contributed by atoms with van der Waals surface area (Å²) in [5.74, 6) is -1.19. The zero-order valence-corrected chi connectivity index (χ0v) is 15.8. The zero-order valence-electron chi connectivity index (χ0n) is 15.8. The molecule has 1 amide bonds. The lowest BCUT2D eigenvalue weighted by Crippen LogP contribution is -2.41. The largest absolute Gasteiger partial charge is 0.455 e. The quantitative estimate of drug-likeness (QED) is 0.553. The van der Waals surface area contributed by atoms with Gasteiger partial charge in [-0.2, -0.15) is 5.10 Å². The minimum absolute atomic E-state index is 0.0224. The fraction of sp³-hybridized carbons (Fsp3) is 0.250. The fourth-order valence-corrected chi connectivity index (χ4v) is 3.91. The number of hydrogen-bond donors (Lipinski definition) is 1. The van der Waals surface area contributed by atoms with Crippen LogP contribution in [0.1, 0.15) is 45.8 Å². The number of imidazole rings is 1. The number of aryl methyl sites for hydroxylation is 1. The zero-order chi connectivity index (χ0) is 21.0. The van der Waals surface area contributed by atoms with Crippen LogP contribution in [0.25, 0.3) is 11.0 Å². The van der Waals surface area contributed by atoms with E-state index in [9.17, 15) is 13.6 Å². The summed E-state index contributed by atoms with van der Waals surface area (Å²) in [5.41, 5.74) is 1.06. The van der Waals surface area contributed by atoms with E-state index in [0.717, 1.165) is 16.4 Å². The molecule has 3 aromatic heterocycles. The van der Waals surface area contributed by atoms with Gasteiger partial charge in [0.2, 0.25) is 0 Å². The number of nitrogens with zero attached hydrogens (tertiary/aromatic N) is 4. The van der Waals surface area contributed by atoms with Crippen molar-refractivity contribution in [3.05, 3.63) is 71.0 Å². The van der Waals surface area contributed by atoms with Crippen molar-refractivity contribution in [2.75, 3.05) is 6.54 Å². The molecular weight excluding hydrogens is 399 g/mol. The molecule has 10 heteroatoms. The van der Waals surface area contributed by atoms with Crippen LogP contribution in [-0.2, 0) is 13.5 Å². The number of carbonyl (C=O) groups is 1. The molecule has 1 atom stereocenters. The summed E-state index contributed by atoms with van der Waals surface area (Å²) in [6.07, 6.45) is -0.870. The summed E-state index contributed by atoms with van der Waals surface area (Å²) in [7, 11) is 1.42. The van der Waals surface area contributed by atoms with E-state index in [1.54, 1.807) is 24.3 Å². The number of halogens is 3. The Bertz CT molecular complexity index is 1260. The summed E-state index contributed by atoms with van der Waals surface area (Å²) >= 11 is 0. The van der Waals surface area contributed by atoms with Crippen molar-refractivity contribution in [3.63, 3.8) is 0 Å². The molecule has 0 saturated heterocycles. The van der Waals surface area contributed by atoms with Crippen molar-refractivity contribution in [2.45, 2.75) is 18.9 Å². The number of carbonyl (C=O) groups excluding carboxylic acids is 1. The number of aromatic amines is 1. The van der Waals surface area contributed by atoms with Crippen LogP contribution < -0.4 is 0 Å². The van der Waals surface area contributed by atoms with Crippen molar-refractivity contribution in [2.24, 2.45) is 7.05 Å². The van der Waals surface area contributed by atoms with Gasteiger partial charge in [-0.15, -0.1) is 0 Å². The average Bonchev–Trinajstić information content (AvgIpc) is 3.44. The molecule has 1 aromatic carbocycles. The summed E-state index contributed by atoms with van der Waals surface area (Å²) in [6, 6.07) is 6.76. The molecule has 4 aromatic rings. The van der Waals surface area contributed by atoms with Crippen LogP contribution in [0.3, 0.4) is 0 Å². The maximum absolute atomic E-state index is 15.3. The number of para-hydroxylation sites is 1. The summed E-state index contributed by atoms with van der Waals surface area (Å²) in [6.45, 7) is 0.227. The Morgan fingerprint density at radius 2 is 2.13 bits per heavy atom. The van der Waals surface area contributed by atoms with Gasteiger partial charge in [0.05, 0.1) is 17.4 Å². The topological polar surface area (TPSA) is 80.0 Å². The van der Waals surface area contributed by atoms with E-state index >= 15 is 4.39 Å². The fourth-order valence-electron chi connectivity index (χ4n) is 3.91. The van der Waals surface area contributed by atoms with E-state index in [4.69, 9.17) is 4.42 Å². The number of rotatable bonds is 3. The van der Waals surface area contributed by atoms with E-state index in [-0.39, 0.29) is 18.0 Å². The lowest BCUT2D eigenvalue weighted by atomic mass is 9.99. The highest BCUT2D eigenvalue weighted by molar-refractivity contribution is 5.93. The van der Waals surface area contributed by atoms with Crippen LogP contribution in [0.15, 0.2) is 41.1 Å². The van der Waals surface area contributed by atoms with Crippen LogP contribution in [0.4, 0.5) is 13.2 Å². The Hall–Kier alpha value is -3.56. The van der Waals surface area contributed by atoms with Gasteiger partial charge in [0.15, 0.2) is 11.6 Å². The molecule has 4 heterocycles. The predicted octanol–water partition coefficient (Wildman–Crippen LogP) is 3.75. The molecule has 0 bridgehead atoms. The van der Waals surface area contributed by atoms with Gasteiger partial charge < -0.3 is 14.3 Å².